The van der Waals surface area contributed by atoms with E-state index in [0.717, 1.165) is 12.3 Å². The third-order valence-electron chi connectivity index (χ3n) is 5.24. The van der Waals surface area contributed by atoms with Crippen LogP contribution in [-0.4, -0.2) is 24.5 Å². The van der Waals surface area contributed by atoms with Gasteiger partial charge in [-0.15, -0.1) is 0 Å². The largest absolute Gasteiger partial charge is 0.303 e. The molecule has 1 heteroatoms. The maximum absolute atomic E-state index is 4.37. The molecule has 0 aliphatic carbocycles. The lowest BCUT2D eigenvalue weighted by Gasteiger charge is -2.48. The number of hydrogen-bond acceptors (Lipinski definition) is 1. The van der Waals surface area contributed by atoms with Gasteiger partial charge < -0.3 is 4.90 Å². The first-order chi connectivity index (χ1) is 7.44. The predicted octanol–water partition coefficient (Wildman–Crippen LogP) is 4.59. The van der Waals surface area contributed by atoms with Crippen molar-refractivity contribution in [1.29, 1.82) is 0 Å². The summed E-state index contributed by atoms with van der Waals surface area (Å²) in [5, 5.41) is 0. The third kappa shape index (κ3) is 3.58. The fourth-order valence-corrected chi connectivity index (χ4v) is 1.87. The lowest BCUT2D eigenvalue weighted by molar-refractivity contribution is 0.0734. The van der Waals surface area contributed by atoms with Crippen LogP contribution in [0.5, 0.6) is 0 Å². The van der Waals surface area contributed by atoms with Crippen molar-refractivity contribution in [2.45, 2.75) is 60.4 Å². The Morgan fingerprint density at radius 3 is 1.76 bits per heavy atom. The molecule has 17 heavy (non-hydrogen) atoms. The summed E-state index contributed by atoms with van der Waals surface area (Å²) in [7, 11) is 4.31. The molecular formula is C16H33N. The Morgan fingerprint density at radius 1 is 1.06 bits per heavy atom. The lowest BCUT2D eigenvalue weighted by atomic mass is 9.66. The molecule has 1 atom stereocenters. The Bertz CT molecular complexity index is 259. The van der Waals surface area contributed by atoms with Crippen LogP contribution in [0.1, 0.15) is 54.9 Å². The molecule has 0 aromatic heterocycles. The highest BCUT2D eigenvalue weighted by Crippen LogP contribution is 2.42. The molecule has 0 saturated heterocycles. The van der Waals surface area contributed by atoms with Crippen LogP contribution in [-0.2, 0) is 0 Å². The number of rotatable bonds is 6. The van der Waals surface area contributed by atoms with Crippen molar-refractivity contribution in [3.63, 3.8) is 0 Å². The molecule has 1 nitrogen and oxygen atoms in total. The van der Waals surface area contributed by atoms with Crippen LogP contribution in [0.3, 0.4) is 0 Å². The molecule has 0 heterocycles. The molecule has 0 aliphatic rings. The first-order valence-corrected chi connectivity index (χ1v) is 6.80. The van der Waals surface area contributed by atoms with E-state index < -0.39 is 0 Å². The van der Waals surface area contributed by atoms with Crippen LogP contribution < -0.4 is 0 Å². The molecule has 0 amide bonds. The van der Waals surface area contributed by atoms with Crippen LogP contribution in [0.2, 0.25) is 0 Å². The van der Waals surface area contributed by atoms with E-state index in [1.165, 1.54) is 5.57 Å². The van der Waals surface area contributed by atoms with Gasteiger partial charge in [0, 0.05) is 11.0 Å². The summed E-state index contributed by atoms with van der Waals surface area (Å²) in [6.07, 6.45) is 1.13. The van der Waals surface area contributed by atoms with Gasteiger partial charge in [-0.3, -0.25) is 0 Å². The van der Waals surface area contributed by atoms with Crippen LogP contribution in [0.15, 0.2) is 12.2 Å². The monoisotopic (exact) mass is 239 g/mol. The van der Waals surface area contributed by atoms with Gasteiger partial charge in [0.25, 0.3) is 0 Å². The van der Waals surface area contributed by atoms with E-state index >= 15 is 0 Å². The van der Waals surface area contributed by atoms with E-state index in [2.05, 4.69) is 74.0 Å². The Hall–Kier alpha value is -0.300. The summed E-state index contributed by atoms with van der Waals surface area (Å²) in [5.41, 5.74) is 1.62. The first kappa shape index (κ1) is 16.7. The molecule has 0 spiro atoms. The predicted molar refractivity (Wildman–Crippen MR) is 79.3 cm³/mol. The van der Waals surface area contributed by atoms with Crippen molar-refractivity contribution in [1.82, 2.24) is 4.90 Å². The van der Waals surface area contributed by atoms with Crippen molar-refractivity contribution >= 4 is 0 Å². The average molecular weight is 239 g/mol. The fraction of sp³-hybridized carbons (Fsp3) is 0.875. The summed E-state index contributed by atoms with van der Waals surface area (Å²) in [6, 6.07) is 0. The molecule has 0 N–H and O–H groups in total. The van der Waals surface area contributed by atoms with E-state index in [0.29, 0.717) is 5.92 Å². The van der Waals surface area contributed by atoms with Crippen molar-refractivity contribution < 1.29 is 0 Å². The van der Waals surface area contributed by atoms with Gasteiger partial charge in [-0.25, -0.2) is 0 Å². The molecule has 1 unspecified atom stereocenters. The molecule has 0 radical (unpaired) electrons. The molecule has 0 fully saturated rings. The molecule has 0 rings (SSSR count). The van der Waals surface area contributed by atoms with Gasteiger partial charge in [0.05, 0.1) is 0 Å². The fourth-order valence-electron chi connectivity index (χ4n) is 1.87. The highest BCUT2D eigenvalue weighted by molar-refractivity contribution is 5.16. The molecule has 0 bridgehead atoms. The van der Waals surface area contributed by atoms with E-state index in [4.69, 9.17) is 0 Å². The van der Waals surface area contributed by atoms with Gasteiger partial charge in [0.15, 0.2) is 0 Å². The summed E-state index contributed by atoms with van der Waals surface area (Å²) < 4.78 is 0. The molecule has 0 aromatic carbocycles. The highest BCUT2D eigenvalue weighted by Gasteiger charge is 2.40. The highest BCUT2D eigenvalue weighted by atomic mass is 15.1. The minimum absolute atomic E-state index is 0.125. The maximum atomic E-state index is 4.37. The van der Waals surface area contributed by atoms with Gasteiger partial charge in [-0.05, 0) is 46.2 Å². The number of nitrogens with zero attached hydrogens (tertiary/aromatic N) is 1. The van der Waals surface area contributed by atoms with E-state index in [-0.39, 0.29) is 11.0 Å². The zero-order chi connectivity index (χ0) is 14.0. The van der Waals surface area contributed by atoms with Crippen molar-refractivity contribution in [2.24, 2.45) is 17.3 Å². The van der Waals surface area contributed by atoms with Crippen LogP contribution in [0.4, 0.5) is 0 Å². The molecular weight excluding hydrogens is 206 g/mol. The van der Waals surface area contributed by atoms with E-state index in [9.17, 15) is 0 Å². The van der Waals surface area contributed by atoms with Gasteiger partial charge in [-0.2, -0.15) is 0 Å². The van der Waals surface area contributed by atoms with Crippen LogP contribution in [0.25, 0.3) is 0 Å². The average Bonchev–Trinajstić information content (AvgIpc) is 2.16. The maximum Gasteiger partial charge on any atom is 0.0235 e. The lowest BCUT2D eigenvalue weighted by Crippen LogP contribution is -2.51. The van der Waals surface area contributed by atoms with Gasteiger partial charge >= 0.3 is 0 Å². The Morgan fingerprint density at radius 2 is 1.47 bits per heavy atom. The normalized spacial score (nSPS) is 15.5. The van der Waals surface area contributed by atoms with Crippen molar-refractivity contribution in [3.8, 4) is 0 Å². The Kier molecular flexibility index (Phi) is 5.46. The Balaban J connectivity index is 4.89. The first-order valence-electron chi connectivity index (χ1n) is 6.80. The molecule has 0 aromatic rings. The standard InChI is InChI=1S/C16H33N/c1-12(2)13(3)11-14(4)15(5,6)16(7,8)17(9)10/h12-13H,4,11H2,1-3,5-10H3. The molecule has 0 saturated carbocycles. The minimum atomic E-state index is 0.125. The van der Waals surface area contributed by atoms with Crippen LogP contribution >= 0.6 is 0 Å². The van der Waals surface area contributed by atoms with E-state index in [1.807, 2.05) is 0 Å². The van der Waals surface area contributed by atoms with E-state index in [1.54, 1.807) is 0 Å². The summed E-state index contributed by atoms with van der Waals surface area (Å²) in [4.78, 5) is 2.30. The summed E-state index contributed by atoms with van der Waals surface area (Å²) >= 11 is 0. The van der Waals surface area contributed by atoms with Crippen molar-refractivity contribution in [3.05, 3.63) is 12.2 Å². The second-order valence-electron chi connectivity index (χ2n) is 7.11. The van der Waals surface area contributed by atoms with Crippen LogP contribution in [0, 0.1) is 17.3 Å². The van der Waals surface area contributed by atoms with Gasteiger partial charge in [0.1, 0.15) is 0 Å². The molecule has 102 valence electrons. The van der Waals surface area contributed by atoms with Gasteiger partial charge in [-0.1, -0.05) is 46.8 Å². The quantitative estimate of drug-likeness (QED) is 0.613. The smallest absolute Gasteiger partial charge is 0.0235 e. The zero-order valence-electron chi connectivity index (χ0n) is 13.5. The summed E-state index contributed by atoms with van der Waals surface area (Å²) in [6.45, 7) is 20.5. The SMILES string of the molecule is C=C(CC(C)C(C)C)C(C)(C)C(C)(C)N(C)C. The zero-order valence-corrected chi connectivity index (χ0v) is 13.5. The summed E-state index contributed by atoms with van der Waals surface area (Å²) in [5.74, 6) is 1.43. The second-order valence-corrected chi connectivity index (χ2v) is 7.11. The Labute approximate surface area is 109 Å². The third-order valence-corrected chi connectivity index (χ3v) is 5.24. The second kappa shape index (κ2) is 5.56. The molecule has 0 aliphatic heterocycles. The number of hydrogen-bond donors (Lipinski definition) is 0. The topological polar surface area (TPSA) is 3.24 Å². The van der Waals surface area contributed by atoms with Gasteiger partial charge in [0.2, 0.25) is 0 Å². The van der Waals surface area contributed by atoms with Crippen molar-refractivity contribution in [2.75, 3.05) is 14.1 Å². The minimum Gasteiger partial charge on any atom is -0.303 e.